The summed E-state index contributed by atoms with van der Waals surface area (Å²) in [6.07, 6.45) is 1.68. The van der Waals surface area contributed by atoms with Gasteiger partial charge in [-0.1, -0.05) is 36.1 Å². The number of H-pyrrole nitrogens is 1. The number of fused-ring (bicyclic) bond motifs is 1. The van der Waals surface area contributed by atoms with Crippen molar-refractivity contribution in [2.45, 2.75) is 6.54 Å². The van der Waals surface area contributed by atoms with E-state index in [4.69, 9.17) is 12.2 Å². The first kappa shape index (κ1) is 17.4. The summed E-state index contributed by atoms with van der Waals surface area (Å²) in [4.78, 5) is 32.6. The number of nitrogens with zero attached hydrogens (tertiary/aromatic N) is 3. The summed E-state index contributed by atoms with van der Waals surface area (Å²) in [5.41, 5.74) is 2.44. The van der Waals surface area contributed by atoms with Crippen molar-refractivity contribution < 1.29 is 9.72 Å². The van der Waals surface area contributed by atoms with E-state index in [1.807, 2.05) is 24.3 Å². The van der Waals surface area contributed by atoms with Crippen molar-refractivity contribution in [3.63, 3.8) is 0 Å². The van der Waals surface area contributed by atoms with E-state index >= 15 is 0 Å². The Morgan fingerprint density at radius 3 is 2.67 bits per heavy atom. The van der Waals surface area contributed by atoms with Crippen molar-refractivity contribution in [1.29, 1.82) is 0 Å². The standard InChI is InChI=1S/C18H12N4O3S2/c23-17-15(9-11-5-7-12(8-6-11)22(24)25)27-18(26)21(17)10-16-19-13-3-1-2-4-14(13)20-16/h1-9H,10H2,(H,19,20)/b15-9-. The Balaban J connectivity index is 1.55. The normalized spacial score (nSPS) is 15.9. The lowest BCUT2D eigenvalue weighted by Gasteiger charge is -2.12. The van der Waals surface area contributed by atoms with E-state index in [-0.39, 0.29) is 18.1 Å². The van der Waals surface area contributed by atoms with Crippen LogP contribution in [0.4, 0.5) is 5.69 Å². The van der Waals surface area contributed by atoms with Crippen molar-refractivity contribution in [2.24, 2.45) is 0 Å². The number of thioether (sulfide) groups is 1. The van der Waals surface area contributed by atoms with E-state index < -0.39 is 4.92 Å². The Kier molecular flexibility index (Phi) is 4.46. The van der Waals surface area contributed by atoms with Gasteiger partial charge < -0.3 is 4.98 Å². The number of carbonyl (C=O) groups excluding carboxylic acids is 1. The maximum absolute atomic E-state index is 12.7. The zero-order valence-corrected chi connectivity index (χ0v) is 15.4. The number of hydrogen-bond acceptors (Lipinski definition) is 6. The van der Waals surface area contributed by atoms with Crippen LogP contribution in [0.15, 0.2) is 53.4 Å². The first-order valence-corrected chi connectivity index (χ1v) is 9.17. The van der Waals surface area contributed by atoms with Crippen LogP contribution in [0.2, 0.25) is 0 Å². The molecule has 2 heterocycles. The molecule has 1 saturated heterocycles. The number of hydrogen-bond donors (Lipinski definition) is 1. The lowest BCUT2D eigenvalue weighted by molar-refractivity contribution is -0.384. The fraction of sp³-hybridized carbons (Fsp3) is 0.0556. The number of aromatic nitrogens is 2. The van der Waals surface area contributed by atoms with E-state index in [1.54, 1.807) is 18.2 Å². The molecule has 0 bridgehead atoms. The smallest absolute Gasteiger partial charge is 0.269 e. The molecule has 0 atom stereocenters. The molecule has 0 unspecified atom stereocenters. The fourth-order valence-electron chi connectivity index (χ4n) is 2.71. The largest absolute Gasteiger partial charge is 0.340 e. The van der Waals surface area contributed by atoms with E-state index in [0.717, 1.165) is 11.0 Å². The van der Waals surface area contributed by atoms with Gasteiger partial charge in [0.2, 0.25) is 0 Å². The maximum Gasteiger partial charge on any atom is 0.269 e. The Hall–Kier alpha value is -3.04. The number of non-ortho nitro benzene ring substituents is 1. The molecule has 0 radical (unpaired) electrons. The number of amides is 1. The third-order valence-corrected chi connectivity index (χ3v) is 5.40. The zero-order chi connectivity index (χ0) is 19.0. The van der Waals surface area contributed by atoms with Crippen LogP contribution in [0.3, 0.4) is 0 Å². The van der Waals surface area contributed by atoms with Crippen molar-refractivity contribution >= 4 is 57.0 Å². The second-order valence-electron chi connectivity index (χ2n) is 5.82. The number of nitrogens with one attached hydrogen (secondary N) is 1. The molecule has 4 rings (SSSR count). The topological polar surface area (TPSA) is 92.1 Å². The third-order valence-electron chi connectivity index (χ3n) is 4.02. The highest BCUT2D eigenvalue weighted by molar-refractivity contribution is 8.26. The molecule has 1 aliphatic rings. The molecule has 0 spiro atoms. The van der Waals surface area contributed by atoms with E-state index in [2.05, 4.69) is 9.97 Å². The highest BCUT2D eigenvalue weighted by Crippen LogP contribution is 2.33. The Labute approximate surface area is 163 Å². The SMILES string of the molecule is O=C1/C(=C/c2ccc([N+](=O)[O-])cc2)SC(=S)N1Cc1nc2ccccc2[nH]1. The first-order chi connectivity index (χ1) is 13.0. The van der Waals surface area contributed by atoms with Gasteiger partial charge in [0.1, 0.15) is 10.1 Å². The van der Waals surface area contributed by atoms with Crippen LogP contribution in [0.1, 0.15) is 11.4 Å². The van der Waals surface area contributed by atoms with E-state index in [0.29, 0.717) is 20.6 Å². The van der Waals surface area contributed by atoms with Gasteiger partial charge >= 0.3 is 0 Å². The lowest BCUT2D eigenvalue weighted by atomic mass is 10.2. The minimum Gasteiger partial charge on any atom is -0.340 e. The van der Waals surface area contributed by atoms with E-state index in [1.165, 1.54) is 28.8 Å². The highest BCUT2D eigenvalue weighted by atomic mass is 32.2. The molecule has 1 fully saturated rings. The minimum atomic E-state index is -0.462. The highest BCUT2D eigenvalue weighted by Gasteiger charge is 2.32. The zero-order valence-electron chi connectivity index (χ0n) is 13.8. The van der Waals surface area contributed by atoms with Crippen LogP contribution in [-0.4, -0.2) is 30.0 Å². The number of rotatable bonds is 4. The fourth-order valence-corrected chi connectivity index (χ4v) is 3.97. The second-order valence-corrected chi connectivity index (χ2v) is 7.49. The number of thiocarbonyl (C=S) groups is 1. The van der Waals surface area contributed by atoms with Gasteiger partial charge in [-0.05, 0) is 35.9 Å². The third kappa shape index (κ3) is 3.46. The number of nitro benzene ring substituents is 1. The molecule has 1 aromatic heterocycles. The van der Waals surface area contributed by atoms with Crippen molar-refractivity contribution in [1.82, 2.24) is 14.9 Å². The Morgan fingerprint density at radius 1 is 1.22 bits per heavy atom. The van der Waals surface area contributed by atoms with Crippen LogP contribution < -0.4 is 0 Å². The molecular weight excluding hydrogens is 384 g/mol. The Morgan fingerprint density at radius 2 is 1.96 bits per heavy atom. The van der Waals surface area contributed by atoms with Crippen molar-refractivity contribution in [2.75, 3.05) is 0 Å². The second kappa shape index (κ2) is 6.93. The van der Waals surface area contributed by atoms with Gasteiger partial charge in [-0.25, -0.2) is 4.98 Å². The van der Waals surface area contributed by atoms with Gasteiger partial charge in [-0.15, -0.1) is 0 Å². The van der Waals surface area contributed by atoms with Crippen LogP contribution in [0, 0.1) is 10.1 Å². The van der Waals surface area contributed by atoms with Gasteiger partial charge in [0, 0.05) is 12.1 Å². The number of nitro groups is 1. The average Bonchev–Trinajstić information content (AvgIpc) is 3.18. The molecule has 134 valence electrons. The van der Waals surface area contributed by atoms with E-state index in [9.17, 15) is 14.9 Å². The predicted molar refractivity (Wildman–Crippen MR) is 108 cm³/mol. The number of carbonyl (C=O) groups is 1. The molecule has 3 aromatic rings. The lowest BCUT2D eigenvalue weighted by Crippen LogP contribution is -2.27. The number of benzene rings is 2. The molecular formula is C18H12N4O3S2. The number of imidazole rings is 1. The maximum atomic E-state index is 12.7. The van der Waals surface area contributed by atoms with Crippen molar-refractivity contribution in [3.05, 3.63) is 74.9 Å². The average molecular weight is 396 g/mol. The monoisotopic (exact) mass is 396 g/mol. The molecule has 1 aliphatic heterocycles. The van der Waals surface area contributed by atoms with Crippen LogP contribution >= 0.6 is 24.0 Å². The molecule has 0 aliphatic carbocycles. The molecule has 7 nitrogen and oxygen atoms in total. The van der Waals surface area contributed by atoms with Crippen LogP contribution in [0.25, 0.3) is 17.1 Å². The van der Waals surface area contributed by atoms with Gasteiger partial charge in [0.25, 0.3) is 11.6 Å². The van der Waals surface area contributed by atoms with Crippen molar-refractivity contribution in [3.8, 4) is 0 Å². The molecule has 1 amide bonds. The predicted octanol–water partition coefficient (Wildman–Crippen LogP) is 3.87. The minimum absolute atomic E-state index is 0.00424. The van der Waals surface area contributed by atoms with Crippen LogP contribution in [-0.2, 0) is 11.3 Å². The first-order valence-electron chi connectivity index (χ1n) is 7.95. The quantitative estimate of drug-likeness (QED) is 0.311. The van der Waals surface area contributed by atoms with Gasteiger partial charge in [0.05, 0.1) is 27.4 Å². The molecule has 2 aromatic carbocycles. The van der Waals surface area contributed by atoms with Crippen LogP contribution in [0.5, 0.6) is 0 Å². The summed E-state index contributed by atoms with van der Waals surface area (Å²) in [7, 11) is 0. The van der Waals surface area contributed by atoms with Gasteiger partial charge in [-0.2, -0.15) is 0 Å². The molecule has 1 N–H and O–H groups in total. The molecule has 0 saturated carbocycles. The summed E-state index contributed by atoms with van der Waals surface area (Å²) in [6.45, 7) is 0.261. The number of aromatic amines is 1. The summed E-state index contributed by atoms with van der Waals surface area (Å²) < 4.78 is 0.452. The Bertz CT molecular complexity index is 1070. The summed E-state index contributed by atoms with van der Waals surface area (Å²) in [5.74, 6) is 0.452. The summed E-state index contributed by atoms with van der Waals surface area (Å²) in [6, 6.07) is 13.6. The van der Waals surface area contributed by atoms with Gasteiger partial charge in [0.15, 0.2) is 0 Å². The molecule has 27 heavy (non-hydrogen) atoms. The van der Waals surface area contributed by atoms with Gasteiger partial charge in [-0.3, -0.25) is 19.8 Å². The molecule has 9 heteroatoms. The summed E-state index contributed by atoms with van der Waals surface area (Å²) >= 11 is 6.55. The number of para-hydroxylation sites is 2. The summed E-state index contributed by atoms with van der Waals surface area (Å²) in [5, 5.41) is 10.7.